The average molecular weight is 373 g/mol. The van der Waals surface area contributed by atoms with Crippen LogP contribution in [0.4, 0.5) is 5.69 Å². The lowest BCUT2D eigenvalue weighted by molar-refractivity contribution is -0.163. The molecular weight excluding hydrogens is 354 g/mol. The summed E-state index contributed by atoms with van der Waals surface area (Å²) in [5.41, 5.74) is 2.73. The number of nitrogens with zero attached hydrogens (tertiary/aromatic N) is 1. The summed E-state index contributed by atoms with van der Waals surface area (Å²) in [5, 5.41) is 0. The molecule has 4 heterocycles. The van der Waals surface area contributed by atoms with E-state index >= 15 is 0 Å². The van der Waals surface area contributed by atoms with Gasteiger partial charge in [0.05, 0.1) is 30.7 Å². The van der Waals surface area contributed by atoms with Gasteiger partial charge >= 0.3 is 0 Å². The van der Waals surface area contributed by atoms with Gasteiger partial charge < -0.3 is 14.4 Å². The van der Waals surface area contributed by atoms with Crippen LogP contribution in [0.25, 0.3) is 6.08 Å². The second-order valence-corrected chi connectivity index (χ2v) is 7.84. The summed E-state index contributed by atoms with van der Waals surface area (Å²) in [4.78, 5) is 28.9. The maximum absolute atomic E-state index is 13.7. The van der Waals surface area contributed by atoms with E-state index in [4.69, 9.17) is 9.47 Å². The molecule has 2 aromatic rings. The minimum atomic E-state index is -0.788. The van der Waals surface area contributed by atoms with Crippen LogP contribution in [0.1, 0.15) is 15.9 Å². The number of carbonyl (C=O) groups excluding carboxylic acids is 2. The number of para-hydroxylation sites is 1. The Morgan fingerprint density at radius 2 is 1.82 bits per heavy atom. The number of fused-ring (bicyclic) bond motifs is 8. The van der Waals surface area contributed by atoms with E-state index in [1.807, 2.05) is 54.6 Å². The molecule has 28 heavy (non-hydrogen) atoms. The minimum Gasteiger partial charge on any atom is -0.353 e. The maximum atomic E-state index is 13.7. The molecule has 0 aliphatic carbocycles. The fourth-order valence-electron chi connectivity index (χ4n) is 5.35. The number of ether oxygens (including phenoxy) is 2. The molecule has 3 fully saturated rings. The minimum absolute atomic E-state index is 0.0324. The van der Waals surface area contributed by atoms with Gasteiger partial charge in [0.15, 0.2) is 11.6 Å². The highest BCUT2D eigenvalue weighted by Crippen LogP contribution is 2.50. The summed E-state index contributed by atoms with van der Waals surface area (Å²) in [7, 11) is 0. The monoisotopic (exact) mass is 373 g/mol. The number of rotatable bonds is 2. The molecular formula is C23H19NO4. The van der Waals surface area contributed by atoms with E-state index in [9.17, 15) is 9.59 Å². The zero-order chi connectivity index (χ0) is 18.8. The van der Waals surface area contributed by atoms with Gasteiger partial charge in [0.2, 0.25) is 6.29 Å². The molecule has 0 aromatic heterocycles. The van der Waals surface area contributed by atoms with Gasteiger partial charge in [-0.15, -0.1) is 0 Å². The Balaban J connectivity index is 1.53. The second-order valence-electron chi connectivity index (χ2n) is 7.84. The van der Waals surface area contributed by atoms with Crippen molar-refractivity contribution in [2.45, 2.75) is 24.5 Å². The molecule has 6 atom stereocenters. The van der Waals surface area contributed by atoms with Crippen LogP contribution in [0.5, 0.6) is 0 Å². The van der Waals surface area contributed by atoms with Crippen molar-refractivity contribution < 1.29 is 19.1 Å². The summed E-state index contributed by atoms with van der Waals surface area (Å²) in [6, 6.07) is 16.8. The Morgan fingerprint density at radius 3 is 2.68 bits per heavy atom. The number of hydrogen-bond acceptors (Lipinski definition) is 5. The lowest BCUT2D eigenvalue weighted by Crippen LogP contribution is -2.48. The van der Waals surface area contributed by atoms with E-state index in [2.05, 4.69) is 17.1 Å². The molecule has 0 amide bonds. The van der Waals surface area contributed by atoms with E-state index in [1.54, 1.807) is 0 Å². The van der Waals surface area contributed by atoms with Crippen molar-refractivity contribution in [1.29, 1.82) is 0 Å². The average Bonchev–Trinajstić information content (AvgIpc) is 3.33. The first kappa shape index (κ1) is 16.2. The summed E-state index contributed by atoms with van der Waals surface area (Å²) in [6.45, 7) is 0.363. The number of anilines is 1. The van der Waals surface area contributed by atoms with Crippen LogP contribution >= 0.6 is 0 Å². The highest BCUT2D eigenvalue weighted by atomic mass is 16.7. The molecule has 2 aromatic carbocycles. The number of Topliss-reactive ketones (excluding diaryl/α,β-unsaturated/α-hetero) is 2. The third-order valence-corrected chi connectivity index (χ3v) is 6.48. The van der Waals surface area contributed by atoms with Crippen LogP contribution in [0.2, 0.25) is 0 Å². The Morgan fingerprint density at radius 1 is 1.04 bits per heavy atom. The largest absolute Gasteiger partial charge is 0.353 e. The van der Waals surface area contributed by atoms with Crippen molar-refractivity contribution in [2.75, 3.05) is 11.5 Å². The molecule has 0 N–H and O–H groups in total. The van der Waals surface area contributed by atoms with E-state index < -0.39 is 12.3 Å². The first-order chi connectivity index (χ1) is 13.7. The Bertz CT molecular complexity index is 1000. The van der Waals surface area contributed by atoms with Gasteiger partial charge in [-0.2, -0.15) is 0 Å². The normalized spacial score (nSPS) is 34.7. The van der Waals surface area contributed by atoms with Crippen LogP contribution in [-0.4, -0.2) is 42.7 Å². The molecule has 4 aliphatic rings. The zero-order valence-corrected chi connectivity index (χ0v) is 15.1. The van der Waals surface area contributed by atoms with Gasteiger partial charge in [-0.1, -0.05) is 60.7 Å². The van der Waals surface area contributed by atoms with E-state index in [1.165, 1.54) is 0 Å². The third kappa shape index (κ3) is 2.09. The molecule has 6 unspecified atom stereocenters. The SMILES string of the molecule is O=C1C2OCC(O2)C2C1C1C=Cc3ccccc3N1C2C(=O)c1ccccc1. The van der Waals surface area contributed by atoms with E-state index in [0.717, 1.165) is 11.3 Å². The number of ketones is 2. The topological polar surface area (TPSA) is 55.8 Å². The lowest BCUT2D eigenvalue weighted by Gasteiger charge is -2.35. The number of hydrogen-bond donors (Lipinski definition) is 0. The van der Waals surface area contributed by atoms with Crippen molar-refractivity contribution >= 4 is 23.3 Å². The number of carbonyl (C=O) groups is 2. The van der Waals surface area contributed by atoms with Crippen LogP contribution in [-0.2, 0) is 14.3 Å². The van der Waals surface area contributed by atoms with Gasteiger partial charge in [-0.3, -0.25) is 9.59 Å². The second kappa shape index (κ2) is 5.87. The highest BCUT2D eigenvalue weighted by Gasteiger charge is 2.63. The summed E-state index contributed by atoms with van der Waals surface area (Å²) in [6.07, 6.45) is 3.11. The van der Waals surface area contributed by atoms with Gasteiger partial charge in [0.1, 0.15) is 0 Å². The van der Waals surface area contributed by atoms with Crippen molar-refractivity contribution in [3.63, 3.8) is 0 Å². The van der Waals surface area contributed by atoms with Crippen molar-refractivity contribution in [3.05, 3.63) is 71.8 Å². The molecule has 5 nitrogen and oxygen atoms in total. The standard InChI is InChI=1S/C23H19NO4/c25-21(14-7-2-1-3-8-14)20-19-17-12-27-23(28-17)22(26)18(19)16-11-10-13-6-4-5-9-15(13)24(16)20/h1-11,16-20,23H,12H2. The van der Waals surface area contributed by atoms with Gasteiger partial charge in [-0.25, -0.2) is 0 Å². The predicted octanol–water partition coefficient (Wildman–Crippen LogP) is 2.71. The maximum Gasteiger partial charge on any atom is 0.218 e. The van der Waals surface area contributed by atoms with Gasteiger partial charge in [0.25, 0.3) is 0 Å². The third-order valence-electron chi connectivity index (χ3n) is 6.48. The summed E-state index contributed by atoms with van der Waals surface area (Å²) < 4.78 is 11.4. The molecule has 4 aliphatic heterocycles. The molecule has 0 saturated carbocycles. The van der Waals surface area contributed by atoms with Crippen molar-refractivity contribution in [3.8, 4) is 0 Å². The molecule has 5 heteroatoms. The van der Waals surface area contributed by atoms with Crippen LogP contribution < -0.4 is 4.90 Å². The molecule has 0 radical (unpaired) electrons. The highest BCUT2D eigenvalue weighted by molar-refractivity contribution is 6.05. The Labute approximate surface area is 162 Å². The molecule has 3 saturated heterocycles. The van der Waals surface area contributed by atoms with Gasteiger partial charge in [0, 0.05) is 17.2 Å². The molecule has 0 spiro atoms. The smallest absolute Gasteiger partial charge is 0.218 e. The Hall–Kier alpha value is -2.76. The molecule has 2 bridgehead atoms. The van der Waals surface area contributed by atoms with Crippen LogP contribution in [0.3, 0.4) is 0 Å². The molecule has 140 valence electrons. The first-order valence-corrected chi connectivity index (χ1v) is 9.70. The fourth-order valence-corrected chi connectivity index (χ4v) is 5.35. The van der Waals surface area contributed by atoms with Crippen molar-refractivity contribution in [1.82, 2.24) is 0 Å². The number of benzene rings is 2. The van der Waals surface area contributed by atoms with E-state index in [0.29, 0.717) is 12.2 Å². The van der Waals surface area contributed by atoms with Crippen LogP contribution in [0.15, 0.2) is 60.7 Å². The van der Waals surface area contributed by atoms with Crippen molar-refractivity contribution in [2.24, 2.45) is 11.8 Å². The Kier molecular flexibility index (Phi) is 3.40. The van der Waals surface area contributed by atoms with Gasteiger partial charge in [-0.05, 0) is 11.6 Å². The van der Waals surface area contributed by atoms with E-state index in [-0.39, 0.29) is 35.5 Å². The zero-order valence-electron chi connectivity index (χ0n) is 15.1. The first-order valence-electron chi connectivity index (χ1n) is 9.70. The summed E-state index contributed by atoms with van der Waals surface area (Å²) >= 11 is 0. The summed E-state index contributed by atoms with van der Waals surface area (Å²) in [5.74, 6) is -0.528. The van der Waals surface area contributed by atoms with Crippen LogP contribution in [0, 0.1) is 11.8 Å². The quantitative estimate of drug-likeness (QED) is 0.758. The predicted molar refractivity (Wildman–Crippen MR) is 103 cm³/mol. The lowest BCUT2D eigenvalue weighted by atomic mass is 9.77. The fraction of sp³-hybridized carbons (Fsp3) is 0.304. The molecule has 6 rings (SSSR count).